The van der Waals surface area contributed by atoms with E-state index in [1.54, 1.807) is 12.3 Å². The molecule has 0 aliphatic carbocycles. The summed E-state index contributed by atoms with van der Waals surface area (Å²) in [6.07, 6.45) is 2.59. The number of guanidine groups is 1. The minimum atomic E-state index is 0.541. The van der Waals surface area contributed by atoms with E-state index in [1.165, 1.54) is 0 Å². The molecule has 6 heteroatoms. The molecular formula is C17H20Cl2N4. The van der Waals surface area contributed by atoms with Gasteiger partial charge in [0.25, 0.3) is 0 Å². The maximum absolute atomic E-state index is 6.01. The summed E-state index contributed by atoms with van der Waals surface area (Å²) in [5.74, 6) is 0.770. The van der Waals surface area contributed by atoms with Gasteiger partial charge < -0.3 is 10.6 Å². The SMILES string of the molecule is CCNC(=NCc1ccccn1)NCCc1cc(Cl)cc(Cl)c1. The standard InChI is InChI=1S/C17H20Cl2N4/c1-2-20-17(23-12-16-5-3-4-7-21-16)22-8-6-13-9-14(18)11-15(19)10-13/h3-5,7,9-11H,2,6,8,12H2,1H3,(H2,20,22,23). The van der Waals surface area contributed by atoms with Crippen LogP contribution in [0.5, 0.6) is 0 Å². The Balaban J connectivity index is 1.89. The van der Waals surface area contributed by atoms with Gasteiger partial charge in [0, 0.05) is 29.3 Å². The zero-order valence-electron chi connectivity index (χ0n) is 13.0. The highest BCUT2D eigenvalue weighted by Gasteiger charge is 2.01. The van der Waals surface area contributed by atoms with Crippen molar-refractivity contribution in [2.45, 2.75) is 19.9 Å². The second kappa shape index (κ2) is 9.38. The zero-order valence-corrected chi connectivity index (χ0v) is 14.5. The molecule has 0 saturated heterocycles. The summed E-state index contributed by atoms with van der Waals surface area (Å²) in [5.41, 5.74) is 2.03. The van der Waals surface area contributed by atoms with Crippen molar-refractivity contribution >= 4 is 29.2 Å². The Morgan fingerprint density at radius 2 is 1.91 bits per heavy atom. The van der Waals surface area contributed by atoms with Crippen molar-refractivity contribution in [1.29, 1.82) is 0 Å². The summed E-state index contributed by atoms with van der Waals surface area (Å²) in [6, 6.07) is 11.4. The number of nitrogens with one attached hydrogen (secondary N) is 2. The Labute approximate surface area is 146 Å². The topological polar surface area (TPSA) is 49.3 Å². The molecule has 0 unspecified atom stereocenters. The lowest BCUT2D eigenvalue weighted by Crippen LogP contribution is -2.38. The molecule has 2 N–H and O–H groups in total. The highest BCUT2D eigenvalue weighted by Crippen LogP contribution is 2.19. The van der Waals surface area contributed by atoms with Crippen LogP contribution in [0.25, 0.3) is 0 Å². The molecule has 2 aromatic rings. The van der Waals surface area contributed by atoms with E-state index < -0.39 is 0 Å². The summed E-state index contributed by atoms with van der Waals surface area (Å²) in [4.78, 5) is 8.80. The van der Waals surface area contributed by atoms with Gasteiger partial charge in [-0.25, -0.2) is 4.99 Å². The van der Waals surface area contributed by atoms with Crippen molar-refractivity contribution in [2.75, 3.05) is 13.1 Å². The minimum absolute atomic E-state index is 0.541. The molecule has 0 fully saturated rings. The second-order valence-electron chi connectivity index (χ2n) is 4.97. The van der Waals surface area contributed by atoms with E-state index in [-0.39, 0.29) is 0 Å². The van der Waals surface area contributed by atoms with Gasteiger partial charge in [-0.1, -0.05) is 29.3 Å². The summed E-state index contributed by atoms with van der Waals surface area (Å²) >= 11 is 12.0. The third-order valence-corrected chi connectivity index (χ3v) is 3.53. The Morgan fingerprint density at radius 1 is 1.13 bits per heavy atom. The van der Waals surface area contributed by atoms with Crippen LogP contribution in [0, 0.1) is 0 Å². The van der Waals surface area contributed by atoms with E-state index in [4.69, 9.17) is 23.2 Å². The van der Waals surface area contributed by atoms with Crippen LogP contribution in [0.15, 0.2) is 47.6 Å². The Bertz CT molecular complexity index is 624. The smallest absolute Gasteiger partial charge is 0.191 e. The monoisotopic (exact) mass is 350 g/mol. The molecule has 4 nitrogen and oxygen atoms in total. The predicted molar refractivity (Wildman–Crippen MR) is 97.2 cm³/mol. The number of benzene rings is 1. The maximum atomic E-state index is 6.01. The van der Waals surface area contributed by atoms with Crippen molar-refractivity contribution in [1.82, 2.24) is 15.6 Å². The first kappa shape index (κ1) is 17.6. The maximum Gasteiger partial charge on any atom is 0.191 e. The van der Waals surface area contributed by atoms with Crippen molar-refractivity contribution in [2.24, 2.45) is 4.99 Å². The van der Waals surface area contributed by atoms with Gasteiger partial charge in [0.2, 0.25) is 0 Å². The van der Waals surface area contributed by atoms with Crippen LogP contribution in [0.3, 0.4) is 0 Å². The van der Waals surface area contributed by atoms with Gasteiger partial charge >= 0.3 is 0 Å². The highest BCUT2D eigenvalue weighted by molar-refractivity contribution is 6.34. The zero-order chi connectivity index (χ0) is 16.5. The Kier molecular flexibility index (Phi) is 7.17. The van der Waals surface area contributed by atoms with E-state index in [9.17, 15) is 0 Å². The van der Waals surface area contributed by atoms with Crippen molar-refractivity contribution < 1.29 is 0 Å². The summed E-state index contributed by atoms with van der Waals surface area (Å²) in [6.45, 7) is 4.12. The number of aliphatic imine (C=N–C) groups is 1. The molecule has 0 amide bonds. The first-order valence-corrected chi connectivity index (χ1v) is 8.30. The molecule has 23 heavy (non-hydrogen) atoms. The second-order valence-corrected chi connectivity index (χ2v) is 5.84. The first-order chi connectivity index (χ1) is 11.2. The van der Waals surface area contributed by atoms with Crippen LogP contribution >= 0.6 is 23.2 Å². The molecule has 0 aliphatic rings. The van der Waals surface area contributed by atoms with Gasteiger partial charge in [-0.15, -0.1) is 0 Å². The van der Waals surface area contributed by atoms with Crippen molar-refractivity contribution in [3.63, 3.8) is 0 Å². The molecule has 2 rings (SSSR count). The van der Waals surface area contributed by atoms with E-state index in [2.05, 4.69) is 20.6 Å². The fraction of sp³-hybridized carbons (Fsp3) is 0.294. The van der Waals surface area contributed by atoms with Gasteiger partial charge in [-0.2, -0.15) is 0 Å². The van der Waals surface area contributed by atoms with Gasteiger partial charge in [0.05, 0.1) is 12.2 Å². The lowest BCUT2D eigenvalue weighted by Gasteiger charge is -2.11. The highest BCUT2D eigenvalue weighted by atomic mass is 35.5. The number of rotatable bonds is 6. The van der Waals surface area contributed by atoms with Crippen LogP contribution in [-0.4, -0.2) is 24.0 Å². The molecular weight excluding hydrogens is 331 g/mol. The largest absolute Gasteiger partial charge is 0.357 e. The van der Waals surface area contributed by atoms with Crippen LogP contribution in [0.4, 0.5) is 0 Å². The lowest BCUT2D eigenvalue weighted by molar-refractivity contribution is 0.797. The molecule has 0 spiro atoms. The number of hydrogen-bond donors (Lipinski definition) is 2. The fourth-order valence-corrected chi connectivity index (χ4v) is 2.65. The molecule has 0 saturated carbocycles. The quantitative estimate of drug-likeness (QED) is 0.617. The van der Waals surface area contributed by atoms with Crippen LogP contribution in [-0.2, 0) is 13.0 Å². The van der Waals surface area contributed by atoms with Gasteiger partial charge in [0.15, 0.2) is 5.96 Å². The van der Waals surface area contributed by atoms with Crippen LogP contribution < -0.4 is 10.6 Å². The van der Waals surface area contributed by atoms with E-state index in [0.717, 1.165) is 36.7 Å². The summed E-state index contributed by atoms with van der Waals surface area (Å²) in [5, 5.41) is 7.84. The van der Waals surface area contributed by atoms with E-state index in [0.29, 0.717) is 16.6 Å². The van der Waals surface area contributed by atoms with Gasteiger partial charge in [0.1, 0.15) is 0 Å². The van der Waals surface area contributed by atoms with Gasteiger partial charge in [-0.3, -0.25) is 4.98 Å². The van der Waals surface area contributed by atoms with Crippen molar-refractivity contribution in [3.05, 3.63) is 63.9 Å². The number of halogens is 2. The summed E-state index contributed by atoms with van der Waals surface area (Å²) < 4.78 is 0. The molecule has 0 radical (unpaired) electrons. The normalized spacial score (nSPS) is 11.3. The Morgan fingerprint density at radius 3 is 2.57 bits per heavy atom. The molecule has 1 heterocycles. The number of hydrogen-bond acceptors (Lipinski definition) is 2. The first-order valence-electron chi connectivity index (χ1n) is 7.54. The third kappa shape index (κ3) is 6.47. The van der Waals surface area contributed by atoms with Crippen LogP contribution in [0.1, 0.15) is 18.2 Å². The molecule has 0 aliphatic heterocycles. The van der Waals surface area contributed by atoms with Gasteiger partial charge in [-0.05, 0) is 49.2 Å². The number of nitrogens with zero attached hydrogens (tertiary/aromatic N) is 2. The molecule has 0 atom stereocenters. The Hall–Kier alpha value is -1.78. The number of aromatic nitrogens is 1. The van der Waals surface area contributed by atoms with Crippen molar-refractivity contribution in [3.8, 4) is 0 Å². The van der Waals surface area contributed by atoms with E-state index >= 15 is 0 Å². The number of pyridine rings is 1. The minimum Gasteiger partial charge on any atom is -0.357 e. The lowest BCUT2D eigenvalue weighted by atomic mass is 10.1. The third-order valence-electron chi connectivity index (χ3n) is 3.10. The average Bonchev–Trinajstić information content (AvgIpc) is 2.53. The molecule has 122 valence electrons. The predicted octanol–water partition coefficient (Wildman–Crippen LogP) is 3.69. The average molecular weight is 351 g/mol. The molecule has 0 bridgehead atoms. The van der Waals surface area contributed by atoms with Crippen LogP contribution in [0.2, 0.25) is 10.0 Å². The van der Waals surface area contributed by atoms with E-state index in [1.807, 2.05) is 37.3 Å². The molecule has 1 aromatic heterocycles. The fourth-order valence-electron chi connectivity index (χ4n) is 2.07. The summed E-state index contributed by atoms with van der Waals surface area (Å²) in [7, 11) is 0. The molecule has 1 aromatic carbocycles.